The normalized spacial score (nSPS) is 9.35. The average molecular weight is 555 g/mol. The molecule has 2 aromatic rings. The molecule has 0 aromatic heterocycles. The van der Waals surface area contributed by atoms with E-state index in [1.807, 2.05) is 0 Å². The van der Waals surface area contributed by atoms with Gasteiger partial charge in [-0.25, -0.2) is 8.78 Å². The predicted molar refractivity (Wildman–Crippen MR) is 106 cm³/mol. The molecule has 0 aliphatic heterocycles. The summed E-state index contributed by atoms with van der Waals surface area (Å²) in [6.45, 7) is 0.133. The Morgan fingerprint density at radius 2 is 1.35 bits per heavy atom. The van der Waals surface area contributed by atoms with Gasteiger partial charge in [0.15, 0.2) is 5.75 Å². The summed E-state index contributed by atoms with van der Waals surface area (Å²) in [4.78, 5) is 37.7. The lowest BCUT2D eigenvalue weighted by molar-refractivity contribution is -0.742. The molecule has 20 heteroatoms. The predicted octanol–water partition coefficient (Wildman–Crippen LogP) is 2.94. The summed E-state index contributed by atoms with van der Waals surface area (Å²) in [7, 11) is -4.67. The van der Waals surface area contributed by atoms with Crippen LogP contribution in [0.4, 0.5) is 14.5 Å². The second kappa shape index (κ2) is 16.0. The number of nitrogens with zero attached hydrogens (tertiary/aromatic N) is 2. The second-order valence-corrected chi connectivity index (χ2v) is 6.28. The molecule has 0 radical (unpaired) electrons. The Balaban J connectivity index is 0. The molecule has 0 spiro atoms. The minimum Gasteiger partial charge on any atom is -0.427 e. The molecule has 0 aliphatic rings. The van der Waals surface area contributed by atoms with Crippen LogP contribution >= 0.6 is 23.2 Å². The van der Waals surface area contributed by atoms with E-state index in [9.17, 15) is 28.5 Å². The Kier molecular flexibility index (Phi) is 15.3. The topological polar surface area (TPSA) is 234 Å². The number of benzene rings is 2. The summed E-state index contributed by atoms with van der Waals surface area (Å²) < 4.78 is 65.5. The van der Waals surface area contributed by atoms with Crippen LogP contribution in [0, 0.1) is 31.9 Å². The number of nitro benzene ring substituents is 1. The molecule has 0 saturated carbocycles. The van der Waals surface area contributed by atoms with E-state index < -0.39 is 48.5 Å². The van der Waals surface area contributed by atoms with E-state index in [1.165, 1.54) is 18.2 Å². The zero-order valence-corrected chi connectivity index (χ0v) is 18.1. The summed E-state index contributed by atoms with van der Waals surface area (Å²) >= 11 is 10.8. The molecule has 188 valence electrons. The monoisotopic (exact) mass is 554 g/mol. The summed E-state index contributed by atoms with van der Waals surface area (Å²) in [5.41, 5.74) is -0.566. The third-order valence-electron chi connectivity index (χ3n) is 2.48. The zero-order chi connectivity index (χ0) is 27.1. The minimum absolute atomic E-state index is 0.0293. The number of hydrogen-bond acceptors (Lipinski definition) is 10. The molecule has 34 heavy (non-hydrogen) atoms. The molecule has 0 atom stereocenters. The van der Waals surface area contributed by atoms with E-state index >= 15 is 0 Å². The van der Waals surface area contributed by atoms with Crippen LogP contribution in [0.3, 0.4) is 0 Å². The molecule has 15 nitrogen and oxygen atoms in total. The van der Waals surface area contributed by atoms with Gasteiger partial charge in [0.25, 0.3) is 18.0 Å². The number of halogens is 4. The third kappa shape index (κ3) is 15.2. The van der Waals surface area contributed by atoms with Crippen molar-refractivity contribution in [2.45, 2.75) is 0 Å². The van der Waals surface area contributed by atoms with Gasteiger partial charge in [0.1, 0.15) is 21.7 Å². The van der Waals surface area contributed by atoms with Crippen LogP contribution in [0.2, 0.25) is 10.0 Å². The fourth-order valence-corrected chi connectivity index (χ4v) is 1.83. The highest BCUT2D eigenvalue weighted by molar-refractivity contribution is 7.79. The number of carbonyl (C=O) groups is 2. The molecular weight excluding hydrogens is 545 g/mol. The lowest BCUT2D eigenvalue weighted by atomic mass is 10.3. The summed E-state index contributed by atoms with van der Waals surface area (Å²) in [6, 6.07) is 5.66. The van der Waals surface area contributed by atoms with Crippen molar-refractivity contribution in [1.82, 2.24) is 0 Å². The van der Waals surface area contributed by atoms with Gasteiger partial charge in [-0.3, -0.25) is 28.8 Å². The largest absolute Gasteiger partial charge is 0.427 e. The van der Waals surface area contributed by atoms with Gasteiger partial charge in [-0.15, -0.1) is 10.1 Å². The van der Waals surface area contributed by atoms with Crippen molar-refractivity contribution in [2.75, 3.05) is 0 Å². The van der Waals surface area contributed by atoms with Gasteiger partial charge in [0.2, 0.25) is 5.75 Å². The molecule has 0 fully saturated rings. The molecule has 0 amide bonds. The molecule has 2 rings (SSSR count). The Hall–Kier alpha value is -3.71. The molecule has 0 heterocycles. The number of rotatable bonds is 5. The highest BCUT2D eigenvalue weighted by Gasteiger charge is 2.21. The van der Waals surface area contributed by atoms with Crippen molar-refractivity contribution < 1.29 is 60.6 Å². The maximum atomic E-state index is 12.8. The number of hydrogen-bond donors (Lipinski definition) is 3. The summed E-state index contributed by atoms with van der Waals surface area (Å²) in [5, 5.41) is 23.3. The Morgan fingerprint density at radius 1 is 0.912 bits per heavy atom. The molecule has 3 N–H and O–H groups in total. The van der Waals surface area contributed by atoms with Crippen LogP contribution in [0.5, 0.6) is 11.5 Å². The van der Waals surface area contributed by atoms with E-state index in [0.717, 1.165) is 12.1 Å². The Morgan fingerprint density at radius 3 is 1.76 bits per heavy atom. The first-order valence-electron chi connectivity index (χ1n) is 7.36. The first-order valence-corrected chi connectivity index (χ1v) is 9.52. The quantitative estimate of drug-likeness (QED) is 0.209. The van der Waals surface area contributed by atoms with Gasteiger partial charge >= 0.3 is 16.1 Å². The number of carbonyl (C=O) groups excluding carboxylic acids is 2. The molecule has 0 saturated heterocycles. The Labute approximate surface area is 196 Å². The van der Waals surface area contributed by atoms with Crippen LogP contribution in [0.1, 0.15) is 0 Å². The van der Waals surface area contributed by atoms with E-state index in [2.05, 4.69) is 9.47 Å². The molecule has 0 aliphatic carbocycles. The highest BCUT2D eigenvalue weighted by atomic mass is 35.5. The lowest BCUT2D eigenvalue weighted by Crippen LogP contribution is -1.98. The van der Waals surface area contributed by atoms with Crippen molar-refractivity contribution in [3.8, 4) is 11.5 Å². The maximum absolute atomic E-state index is 12.8. The molecule has 0 bridgehead atoms. The standard InChI is InChI=1S/C7H3ClFNO4.C7H4ClFO2.HNO3.H2O4S/c8-6-4(9)1-2-5(10(12)13)7(6)14-3-11;8-7-5(9)2-1-3-6(7)11-4-10;2-1(3)4;1-5(2,3)4/h1-3H;1-4H;(H,2,3,4);(H2,1,2,3,4). The van der Waals surface area contributed by atoms with Gasteiger partial charge in [-0.2, -0.15) is 8.42 Å². The van der Waals surface area contributed by atoms with Gasteiger partial charge in [-0.1, -0.05) is 29.3 Å². The van der Waals surface area contributed by atoms with E-state index in [0.29, 0.717) is 0 Å². The van der Waals surface area contributed by atoms with Crippen molar-refractivity contribution >= 4 is 52.2 Å². The summed E-state index contributed by atoms with van der Waals surface area (Å²) in [6.07, 6.45) is 0. The average Bonchev–Trinajstić information content (AvgIpc) is 2.68. The first-order chi connectivity index (χ1) is 15.6. The number of nitro groups is 1. The molecule has 0 unspecified atom stereocenters. The van der Waals surface area contributed by atoms with E-state index in [-0.39, 0.29) is 23.7 Å². The van der Waals surface area contributed by atoms with Crippen molar-refractivity contribution in [1.29, 1.82) is 0 Å². The van der Waals surface area contributed by atoms with Crippen molar-refractivity contribution in [3.05, 3.63) is 72.2 Å². The minimum atomic E-state index is -4.67. The van der Waals surface area contributed by atoms with E-state index in [4.69, 9.17) is 56.0 Å². The molecular formula is C14H10Cl2F2N2O13S. The molecule has 2 aromatic carbocycles. The van der Waals surface area contributed by atoms with Crippen LogP contribution in [-0.4, -0.2) is 45.7 Å². The third-order valence-corrected chi connectivity index (χ3v) is 3.20. The zero-order valence-electron chi connectivity index (χ0n) is 15.8. The van der Waals surface area contributed by atoms with Crippen LogP contribution in [0.25, 0.3) is 0 Å². The lowest BCUT2D eigenvalue weighted by Gasteiger charge is -2.02. The highest BCUT2D eigenvalue weighted by Crippen LogP contribution is 2.36. The van der Waals surface area contributed by atoms with Gasteiger partial charge in [0.05, 0.1) is 4.92 Å². The number of ether oxygens (including phenoxy) is 2. The van der Waals surface area contributed by atoms with Crippen LogP contribution < -0.4 is 9.47 Å². The van der Waals surface area contributed by atoms with Gasteiger partial charge in [-0.05, 0) is 18.2 Å². The maximum Gasteiger partial charge on any atom is 0.394 e. The van der Waals surface area contributed by atoms with Crippen LogP contribution in [0.15, 0.2) is 30.3 Å². The summed E-state index contributed by atoms with van der Waals surface area (Å²) in [5.74, 6) is -2.06. The van der Waals surface area contributed by atoms with Crippen LogP contribution in [-0.2, 0) is 20.0 Å². The van der Waals surface area contributed by atoms with Crippen molar-refractivity contribution in [3.63, 3.8) is 0 Å². The first kappa shape index (κ1) is 32.5. The Bertz CT molecular complexity index is 1110. The van der Waals surface area contributed by atoms with Gasteiger partial charge < -0.3 is 14.7 Å². The van der Waals surface area contributed by atoms with Crippen molar-refractivity contribution in [2.24, 2.45) is 0 Å². The fraction of sp³-hybridized carbons (Fsp3) is 0. The fourth-order valence-electron chi connectivity index (χ4n) is 1.45. The second-order valence-electron chi connectivity index (χ2n) is 4.63. The SMILES string of the molecule is O=COc1c([N+](=O)[O-])ccc(F)c1Cl.O=COc1cccc(F)c1Cl.O=S(=O)(O)O.O=[N+]([O-])O. The van der Waals surface area contributed by atoms with E-state index in [1.54, 1.807) is 0 Å². The van der Waals surface area contributed by atoms with Gasteiger partial charge in [0, 0.05) is 6.07 Å². The smallest absolute Gasteiger partial charge is 0.394 e.